The first-order valence-corrected chi connectivity index (χ1v) is 6.41. The van der Waals surface area contributed by atoms with E-state index in [1.807, 2.05) is 26.0 Å². The highest BCUT2D eigenvalue weighted by Gasteiger charge is 2.11. The van der Waals surface area contributed by atoms with E-state index in [0.717, 1.165) is 16.8 Å². The number of rotatable bonds is 4. The van der Waals surface area contributed by atoms with Gasteiger partial charge < -0.3 is 10.4 Å². The summed E-state index contributed by atoms with van der Waals surface area (Å²) in [5.41, 5.74) is 2.90. The van der Waals surface area contributed by atoms with Gasteiger partial charge in [-0.3, -0.25) is 0 Å². The molecule has 19 heavy (non-hydrogen) atoms. The first-order valence-electron chi connectivity index (χ1n) is 6.03. The van der Waals surface area contributed by atoms with Gasteiger partial charge >= 0.3 is 0 Å². The largest absolute Gasteiger partial charge is 0.394 e. The Balaban J connectivity index is 2.18. The van der Waals surface area contributed by atoms with Crippen LogP contribution in [0.15, 0.2) is 30.5 Å². The van der Waals surface area contributed by atoms with E-state index in [1.54, 1.807) is 18.3 Å². The van der Waals surface area contributed by atoms with E-state index in [1.165, 1.54) is 0 Å². The second kappa shape index (κ2) is 5.99. The van der Waals surface area contributed by atoms with Crippen molar-refractivity contribution in [2.45, 2.75) is 19.9 Å². The summed E-state index contributed by atoms with van der Waals surface area (Å²) < 4.78 is 0. The van der Waals surface area contributed by atoms with E-state index >= 15 is 0 Å². The topological polar surface area (TPSA) is 58.0 Å². The van der Waals surface area contributed by atoms with Crippen molar-refractivity contribution in [3.05, 3.63) is 52.3 Å². The standard InChI is InChI=1S/C14H16ClN3O/c1-9-7-16-14(17-10(9)2)18-13(8-19)11-3-5-12(15)6-4-11/h3-7,13,19H,8H2,1-2H3,(H,16,17,18). The van der Waals surface area contributed by atoms with Gasteiger partial charge in [0.1, 0.15) is 0 Å². The molecule has 0 aliphatic heterocycles. The minimum absolute atomic E-state index is 0.0437. The highest BCUT2D eigenvalue weighted by atomic mass is 35.5. The number of anilines is 1. The number of halogens is 1. The highest BCUT2D eigenvalue weighted by molar-refractivity contribution is 6.30. The average molecular weight is 278 g/mol. The molecule has 2 aromatic rings. The summed E-state index contributed by atoms with van der Waals surface area (Å²) >= 11 is 5.85. The van der Waals surface area contributed by atoms with E-state index in [9.17, 15) is 5.11 Å². The van der Waals surface area contributed by atoms with Crippen molar-refractivity contribution in [3.8, 4) is 0 Å². The maximum Gasteiger partial charge on any atom is 0.223 e. The number of aliphatic hydroxyl groups excluding tert-OH is 1. The number of nitrogens with zero attached hydrogens (tertiary/aromatic N) is 2. The molecule has 1 heterocycles. The van der Waals surface area contributed by atoms with Crippen molar-refractivity contribution < 1.29 is 5.11 Å². The van der Waals surface area contributed by atoms with Crippen molar-refractivity contribution >= 4 is 17.5 Å². The van der Waals surface area contributed by atoms with Gasteiger partial charge in [-0.05, 0) is 37.1 Å². The van der Waals surface area contributed by atoms with Crippen LogP contribution in [0.1, 0.15) is 22.9 Å². The fourth-order valence-electron chi connectivity index (χ4n) is 1.68. The Hall–Kier alpha value is -1.65. The summed E-state index contributed by atoms with van der Waals surface area (Å²) in [5, 5.41) is 13.3. The average Bonchev–Trinajstić information content (AvgIpc) is 2.41. The number of aryl methyl sites for hydroxylation is 2. The molecule has 2 N–H and O–H groups in total. The normalized spacial score (nSPS) is 12.2. The quantitative estimate of drug-likeness (QED) is 0.902. The van der Waals surface area contributed by atoms with Crippen LogP contribution in [-0.4, -0.2) is 21.7 Å². The molecule has 1 aromatic heterocycles. The van der Waals surface area contributed by atoms with Crippen LogP contribution in [0.4, 0.5) is 5.95 Å². The van der Waals surface area contributed by atoms with Crippen molar-refractivity contribution in [3.63, 3.8) is 0 Å². The summed E-state index contributed by atoms with van der Waals surface area (Å²) in [5.74, 6) is 0.511. The Morgan fingerprint density at radius 3 is 2.53 bits per heavy atom. The molecule has 1 unspecified atom stereocenters. The fraction of sp³-hybridized carbons (Fsp3) is 0.286. The molecule has 0 fully saturated rings. The van der Waals surface area contributed by atoms with Gasteiger partial charge in [-0.2, -0.15) is 0 Å². The summed E-state index contributed by atoms with van der Waals surface area (Å²) in [4.78, 5) is 8.55. The Labute approximate surface area is 117 Å². The Kier molecular flexibility index (Phi) is 4.35. The van der Waals surface area contributed by atoms with E-state index < -0.39 is 0 Å². The minimum atomic E-state index is -0.251. The zero-order valence-corrected chi connectivity index (χ0v) is 11.6. The molecule has 5 heteroatoms. The van der Waals surface area contributed by atoms with Crippen LogP contribution in [0, 0.1) is 13.8 Å². The van der Waals surface area contributed by atoms with Crippen molar-refractivity contribution in [2.75, 3.05) is 11.9 Å². The molecule has 0 bridgehead atoms. The third kappa shape index (κ3) is 3.43. The molecule has 0 saturated carbocycles. The predicted octanol–water partition coefficient (Wildman–Crippen LogP) is 2.89. The number of nitrogens with one attached hydrogen (secondary N) is 1. The molecule has 0 radical (unpaired) electrons. The highest BCUT2D eigenvalue weighted by Crippen LogP contribution is 2.19. The van der Waals surface area contributed by atoms with Gasteiger partial charge in [0.2, 0.25) is 5.95 Å². The van der Waals surface area contributed by atoms with Crippen molar-refractivity contribution in [2.24, 2.45) is 0 Å². The van der Waals surface area contributed by atoms with Gasteiger partial charge in [0.05, 0.1) is 12.6 Å². The number of aromatic nitrogens is 2. The molecule has 100 valence electrons. The van der Waals surface area contributed by atoms with Crippen LogP contribution >= 0.6 is 11.6 Å². The number of benzene rings is 1. The maximum absolute atomic E-state index is 9.48. The molecule has 1 atom stereocenters. The lowest BCUT2D eigenvalue weighted by Gasteiger charge is -2.17. The first kappa shape index (κ1) is 13.8. The predicted molar refractivity (Wildman–Crippen MR) is 76.4 cm³/mol. The minimum Gasteiger partial charge on any atom is -0.394 e. The van der Waals surface area contributed by atoms with Crippen LogP contribution in [0.5, 0.6) is 0 Å². The van der Waals surface area contributed by atoms with E-state index in [2.05, 4.69) is 15.3 Å². The zero-order chi connectivity index (χ0) is 13.8. The first-order chi connectivity index (χ1) is 9.10. The number of hydrogen-bond donors (Lipinski definition) is 2. The molecule has 0 spiro atoms. The fourth-order valence-corrected chi connectivity index (χ4v) is 1.81. The number of aliphatic hydroxyl groups is 1. The molecular formula is C14H16ClN3O. The van der Waals surface area contributed by atoms with Crippen LogP contribution in [-0.2, 0) is 0 Å². The van der Waals surface area contributed by atoms with Crippen LogP contribution < -0.4 is 5.32 Å². The summed E-state index contributed by atoms with van der Waals surface area (Å²) in [6.45, 7) is 3.85. The van der Waals surface area contributed by atoms with Crippen LogP contribution in [0.3, 0.4) is 0 Å². The molecule has 2 rings (SSSR count). The summed E-state index contributed by atoms with van der Waals surface area (Å²) in [7, 11) is 0. The Morgan fingerprint density at radius 1 is 1.26 bits per heavy atom. The molecule has 0 amide bonds. The van der Waals surface area contributed by atoms with E-state index in [4.69, 9.17) is 11.6 Å². The third-order valence-electron chi connectivity index (χ3n) is 2.98. The van der Waals surface area contributed by atoms with E-state index in [0.29, 0.717) is 11.0 Å². The van der Waals surface area contributed by atoms with Crippen molar-refractivity contribution in [1.29, 1.82) is 0 Å². The molecule has 0 aliphatic carbocycles. The monoisotopic (exact) mass is 277 g/mol. The summed E-state index contributed by atoms with van der Waals surface area (Å²) in [6.07, 6.45) is 1.76. The molecular weight excluding hydrogens is 262 g/mol. The van der Waals surface area contributed by atoms with Crippen LogP contribution in [0.25, 0.3) is 0 Å². The van der Waals surface area contributed by atoms with Gasteiger partial charge in [0.15, 0.2) is 0 Å². The molecule has 4 nitrogen and oxygen atoms in total. The lowest BCUT2D eigenvalue weighted by molar-refractivity contribution is 0.276. The Morgan fingerprint density at radius 2 is 1.95 bits per heavy atom. The van der Waals surface area contributed by atoms with Gasteiger partial charge in [-0.15, -0.1) is 0 Å². The third-order valence-corrected chi connectivity index (χ3v) is 3.24. The second-order valence-electron chi connectivity index (χ2n) is 4.39. The van der Waals surface area contributed by atoms with Gasteiger partial charge in [0.25, 0.3) is 0 Å². The smallest absolute Gasteiger partial charge is 0.223 e. The second-order valence-corrected chi connectivity index (χ2v) is 4.83. The molecule has 0 saturated heterocycles. The maximum atomic E-state index is 9.48. The van der Waals surface area contributed by atoms with E-state index in [-0.39, 0.29) is 12.6 Å². The number of hydrogen-bond acceptors (Lipinski definition) is 4. The van der Waals surface area contributed by atoms with Gasteiger partial charge in [0, 0.05) is 16.9 Å². The lowest BCUT2D eigenvalue weighted by Crippen LogP contribution is -2.16. The molecule has 1 aromatic carbocycles. The van der Waals surface area contributed by atoms with Gasteiger partial charge in [-0.25, -0.2) is 9.97 Å². The molecule has 0 aliphatic rings. The SMILES string of the molecule is Cc1cnc(NC(CO)c2ccc(Cl)cc2)nc1C. The zero-order valence-electron chi connectivity index (χ0n) is 10.9. The summed E-state index contributed by atoms with van der Waals surface area (Å²) in [6, 6.07) is 7.08. The lowest BCUT2D eigenvalue weighted by atomic mass is 10.1. The van der Waals surface area contributed by atoms with Gasteiger partial charge in [-0.1, -0.05) is 23.7 Å². The van der Waals surface area contributed by atoms with Crippen LogP contribution in [0.2, 0.25) is 5.02 Å². The Bertz CT molecular complexity index is 557. The van der Waals surface area contributed by atoms with Crippen molar-refractivity contribution in [1.82, 2.24) is 9.97 Å².